The van der Waals surface area contributed by atoms with Gasteiger partial charge in [-0.15, -0.1) is 12.4 Å². The summed E-state index contributed by atoms with van der Waals surface area (Å²) in [5, 5.41) is 6.00. The van der Waals surface area contributed by atoms with Gasteiger partial charge in [0.25, 0.3) is 0 Å². The average Bonchev–Trinajstić information content (AvgIpc) is 2.18. The summed E-state index contributed by atoms with van der Waals surface area (Å²) in [6.45, 7) is 0. The normalized spacial score (nSPS) is 25.8. The lowest BCUT2D eigenvalue weighted by Gasteiger charge is -2.25. The van der Waals surface area contributed by atoms with Gasteiger partial charge in [0, 0.05) is 12.7 Å². The minimum Gasteiger partial charge on any atom is -0.388 e. The summed E-state index contributed by atoms with van der Waals surface area (Å²) in [6.07, 6.45) is 7.44. The zero-order valence-corrected chi connectivity index (χ0v) is 8.65. The van der Waals surface area contributed by atoms with Crippen LogP contribution in [0.1, 0.15) is 6.42 Å². The molecule has 0 saturated heterocycles. The van der Waals surface area contributed by atoms with Gasteiger partial charge < -0.3 is 15.4 Å². The van der Waals surface area contributed by atoms with Crippen molar-refractivity contribution in [1.29, 1.82) is 0 Å². The Morgan fingerprint density at radius 3 is 2.54 bits per heavy atom. The van der Waals surface area contributed by atoms with E-state index >= 15 is 0 Å². The number of hydrogen-bond acceptors (Lipinski definition) is 3. The highest BCUT2D eigenvalue weighted by Gasteiger charge is 2.24. The van der Waals surface area contributed by atoms with Crippen molar-refractivity contribution in [3.63, 3.8) is 0 Å². The van der Waals surface area contributed by atoms with Gasteiger partial charge in [-0.3, -0.25) is 0 Å². The molecule has 0 fully saturated rings. The van der Waals surface area contributed by atoms with E-state index in [4.69, 9.17) is 0 Å². The number of carbonyl (C=O) groups is 1. The molecule has 74 valence electrons. The van der Waals surface area contributed by atoms with Crippen LogP contribution in [0.5, 0.6) is 0 Å². The van der Waals surface area contributed by atoms with Gasteiger partial charge in [0.2, 0.25) is 0 Å². The van der Waals surface area contributed by atoms with E-state index in [1.165, 1.54) is 0 Å². The van der Waals surface area contributed by atoms with Gasteiger partial charge in [0.05, 0.1) is 5.54 Å². The summed E-state index contributed by atoms with van der Waals surface area (Å²) in [5.74, 6) is 0. The molecule has 0 amide bonds. The Bertz CT molecular complexity index is 238. The van der Waals surface area contributed by atoms with Crippen molar-refractivity contribution in [3.05, 3.63) is 23.9 Å². The fourth-order valence-electron chi connectivity index (χ4n) is 1.17. The maximum atomic E-state index is 10.7. The molecular formula is C9H15ClN2O. The van der Waals surface area contributed by atoms with E-state index in [1.54, 1.807) is 7.05 Å². The zero-order valence-electron chi connectivity index (χ0n) is 7.83. The summed E-state index contributed by atoms with van der Waals surface area (Å²) in [6, 6.07) is 0. The molecule has 2 N–H and O–H groups in total. The summed E-state index contributed by atoms with van der Waals surface area (Å²) >= 11 is 0. The summed E-state index contributed by atoms with van der Waals surface area (Å²) < 4.78 is 0. The molecule has 0 aromatic heterocycles. The van der Waals surface area contributed by atoms with Crippen LogP contribution >= 0.6 is 12.4 Å². The molecule has 1 rings (SSSR count). The molecule has 0 heterocycles. The zero-order chi connectivity index (χ0) is 9.03. The molecule has 1 atom stereocenters. The van der Waals surface area contributed by atoms with E-state index in [1.807, 2.05) is 25.3 Å². The lowest BCUT2D eigenvalue weighted by atomic mass is 9.92. The van der Waals surface area contributed by atoms with Crippen molar-refractivity contribution >= 4 is 18.7 Å². The Hall–Kier alpha value is -0.800. The van der Waals surface area contributed by atoms with Gasteiger partial charge in [0.1, 0.15) is 6.29 Å². The molecule has 0 spiro atoms. The Kier molecular flexibility index (Phi) is 4.73. The van der Waals surface area contributed by atoms with Gasteiger partial charge in [-0.05, 0) is 19.5 Å². The fraction of sp³-hybridized carbons (Fsp3) is 0.444. The largest absolute Gasteiger partial charge is 0.388 e. The topological polar surface area (TPSA) is 41.1 Å². The number of allylic oxidation sites excluding steroid dienone is 1. The summed E-state index contributed by atoms with van der Waals surface area (Å²) in [5.41, 5.74) is 0.572. The fourth-order valence-corrected chi connectivity index (χ4v) is 1.17. The third-order valence-corrected chi connectivity index (χ3v) is 2.18. The van der Waals surface area contributed by atoms with E-state index in [2.05, 4.69) is 10.6 Å². The van der Waals surface area contributed by atoms with E-state index in [9.17, 15) is 4.79 Å². The molecular weight excluding hydrogens is 188 g/mol. The van der Waals surface area contributed by atoms with Crippen LogP contribution < -0.4 is 10.6 Å². The Morgan fingerprint density at radius 1 is 1.54 bits per heavy atom. The van der Waals surface area contributed by atoms with Crippen LogP contribution in [0, 0.1) is 0 Å². The molecule has 0 aromatic rings. The van der Waals surface area contributed by atoms with Crippen molar-refractivity contribution in [1.82, 2.24) is 10.6 Å². The molecule has 4 heteroatoms. The number of carbonyl (C=O) groups excluding carboxylic acids is 1. The first-order chi connectivity index (χ1) is 5.76. The van der Waals surface area contributed by atoms with Crippen LogP contribution in [0.3, 0.4) is 0 Å². The second-order valence-corrected chi connectivity index (χ2v) is 2.86. The molecule has 3 nitrogen and oxygen atoms in total. The monoisotopic (exact) mass is 202 g/mol. The molecule has 13 heavy (non-hydrogen) atoms. The SMILES string of the molecule is CNC1=CCC(C=O)(NC)C=C1.Cl. The molecule has 1 aliphatic rings. The predicted octanol–water partition coefficient (Wildman–Crippen LogP) is 0.629. The lowest BCUT2D eigenvalue weighted by molar-refractivity contribution is -0.111. The van der Waals surface area contributed by atoms with Gasteiger partial charge in [-0.2, -0.15) is 0 Å². The first-order valence-electron chi connectivity index (χ1n) is 3.99. The Morgan fingerprint density at radius 2 is 2.23 bits per heavy atom. The number of halogens is 1. The number of hydrogen-bond donors (Lipinski definition) is 2. The smallest absolute Gasteiger partial charge is 0.144 e. The first kappa shape index (κ1) is 12.2. The minimum absolute atomic E-state index is 0. The Balaban J connectivity index is 0.00000144. The van der Waals surface area contributed by atoms with Crippen LogP contribution in [-0.2, 0) is 4.79 Å². The van der Waals surface area contributed by atoms with Crippen LogP contribution in [0.25, 0.3) is 0 Å². The third-order valence-electron chi connectivity index (χ3n) is 2.18. The van der Waals surface area contributed by atoms with Crippen LogP contribution in [0.2, 0.25) is 0 Å². The van der Waals surface area contributed by atoms with E-state index in [0.29, 0.717) is 6.42 Å². The second kappa shape index (κ2) is 5.04. The molecule has 0 aromatic carbocycles. The maximum absolute atomic E-state index is 10.7. The highest BCUT2D eigenvalue weighted by molar-refractivity contribution is 5.85. The van der Waals surface area contributed by atoms with Crippen molar-refractivity contribution < 1.29 is 4.79 Å². The van der Waals surface area contributed by atoms with E-state index < -0.39 is 5.54 Å². The van der Waals surface area contributed by atoms with E-state index in [0.717, 1.165) is 12.0 Å². The summed E-state index contributed by atoms with van der Waals surface area (Å²) in [7, 11) is 3.65. The summed E-state index contributed by atoms with van der Waals surface area (Å²) in [4.78, 5) is 10.7. The van der Waals surface area contributed by atoms with Crippen molar-refractivity contribution in [2.24, 2.45) is 0 Å². The standard InChI is InChI=1S/C9H14N2O.ClH/c1-10-8-3-5-9(7-12,11-2)6-4-8;/h3-5,7,10-11H,6H2,1-2H3;1H. The molecule has 0 aliphatic heterocycles. The second-order valence-electron chi connectivity index (χ2n) is 2.86. The van der Waals surface area contributed by atoms with Crippen LogP contribution in [0.15, 0.2) is 23.9 Å². The van der Waals surface area contributed by atoms with Gasteiger partial charge >= 0.3 is 0 Å². The average molecular weight is 203 g/mol. The highest BCUT2D eigenvalue weighted by atomic mass is 35.5. The Labute approximate surface area is 84.7 Å². The first-order valence-corrected chi connectivity index (χ1v) is 3.99. The quantitative estimate of drug-likeness (QED) is 0.660. The van der Waals surface area contributed by atoms with Gasteiger partial charge in [0.15, 0.2) is 0 Å². The molecule has 1 unspecified atom stereocenters. The predicted molar refractivity (Wildman–Crippen MR) is 56.0 cm³/mol. The lowest BCUT2D eigenvalue weighted by Crippen LogP contribution is -2.43. The van der Waals surface area contributed by atoms with Crippen molar-refractivity contribution in [2.75, 3.05) is 14.1 Å². The third kappa shape index (κ3) is 2.57. The van der Waals surface area contributed by atoms with Crippen molar-refractivity contribution in [2.45, 2.75) is 12.0 Å². The van der Waals surface area contributed by atoms with Crippen molar-refractivity contribution in [3.8, 4) is 0 Å². The van der Waals surface area contributed by atoms with Gasteiger partial charge in [-0.1, -0.05) is 12.2 Å². The maximum Gasteiger partial charge on any atom is 0.144 e. The molecule has 0 bridgehead atoms. The minimum atomic E-state index is -0.486. The number of rotatable bonds is 3. The van der Waals surface area contributed by atoms with Gasteiger partial charge in [-0.25, -0.2) is 0 Å². The van der Waals surface area contributed by atoms with Crippen LogP contribution in [-0.4, -0.2) is 25.9 Å². The number of likely N-dealkylation sites (N-methyl/N-ethyl adjacent to an activating group) is 2. The molecule has 0 saturated carbocycles. The molecule has 1 aliphatic carbocycles. The number of aldehydes is 1. The molecule has 0 radical (unpaired) electrons. The van der Waals surface area contributed by atoms with E-state index in [-0.39, 0.29) is 12.4 Å². The highest BCUT2D eigenvalue weighted by Crippen LogP contribution is 2.16. The number of nitrogens with one attached hydrogen (secondary N) is 2. The van der Waals surface area contributed by atoms with Crippen LogP contribution in [0.4, 0.5) is 0 Å².